The van der Waals surface area contributed by atoms with Gasteiger partial charge in [-0.1, -0.05) is 0 Å². The summed E-state index contributed by atoms with van der Waals surface area (Å²) in [5.74, 6) is 0. The van der Waals surface area contributed by atoms with E-state index in [4.69, 9.17) is 0 Å². The van der Waals surface area contributed by atoms with E-state index in [2.05, 4.69) is 152 Å². The molecule has 15 heavy (non-hydrogen) atoms. The molecule has 0 saturated heterocycles. The molecule has 12 heteroatoms. The Hall–Kier alpha value is 4.20. The number of hydrogen-bond acceptors (Lipinski definition) is 12. The molecule has 0 heterocycles. The van der Waals surface area contributed by atoms with E-state index in [-0.39, 0.29) is 0 Å². The number of thiol groups is 12. The van der Waals surface area contributed by atoms with Crippen LogP contribution in [0.3, 0.4) is 0 Å². The fraction of sp³-hybridized carbons (Fsp3) is 1.00. The molecular weight excluding hydrogens is 421 g/mol. The van der Waals surface area contributed by atoms with E-state index in [9.17, 15) is 0 Å². The average Bonchev–Trinajstić information content (AvgIpc) is 1.41. The van der Waals surface area contributed by atoms with Gasteiger partial charge in [0.25, 0.3) is 0 Å². The van der Waals surface area contributed by atoms with Crippen molar-refractivity contribution in [2.45, 2.75) is 8.23 Å². The Bertz CT molecular complexity index is 85.9. The van der Waals surface area contributed by atoms with Gasteiger partial charge in [0.2, 0.25) is 0 Å². The monoisotopic (exact) mass is 432 g/mol. The molecule has 0 saturated carbocycles. The molecule has 0 bridgehead atoms. The van der Waals surface area contributed by atoms with E-state index < -0.39 is 8.23 Å². The second-order valence-electron chi connectivity index (χ2n) is 1.80. The first-order valence-electron chi connectivity index (χ1n) is 2.68. The van der Waals surface area contributed by atoms with Crippen molar-refractivity contribution in [3.63, 3.8) is 0 Å². The molecule has 96 valence electrons. The van der Waals surface area contributed by atoms with Crippen LogP contribution in [-0.2, 0) is 0 Å². The van der Waals surface area contributed by atoms with E-state index in [0.717, 1.165) is 0 Å². The Balaban J connectivity index is -0.000000144. The van der Waals surface area contributed by atoms with Crippen molar-refractivity contribution < 1.29 is 0 Å². The van der Waals surface area contributed by atoms with Gasteiger partial charge < -0.3 is 0 Å². The van der Waals surface area contributed by atoms with E-state index in [0.29, 0.717) is 0 Å². The smallest absolute Gasteiger partial charge is 0.141 e. The van der Waals surface area contributed by atoms with Crippen LogP contribution < -0.4 is 0 Å². The third-order valence-electron chi connectivity index (χ3n) is 0. The maximum atomic E-state index is 3.72. The van der Waals surface area contributed by atoms with Gasteiger partial charge in [-0.15, -0.1) is 152 Å². The third-order valence-corrected chi connectivity index (χ3v) is 0. The lowest BCUT2D eigenvalue weighted by molar-refractivity contribution is 2.01. The zero-order valence-electron chi connectivity index (χ0n) is 6.87. The molecule has 0 nitrogen and oxygen atoms in total. The third kappa shape index (κ3) is 271. The molecule has 0 N–H and O–H groups in total. The Labute approximate surface area is 157 Å². The topological polar surface area (TPSA) is 0 Å². The maximum Gasteiger partial charge on any atom is 0.142 e. The molecule has 0 fully saturated rings. The second-order valence-corrected chi connectivity index (χ2v) is 16.2. The van der Waals surface area contributed by atoms with Crippen LogP contribution in [0.25, 0.3) is 0 Å². The molecular formula is C3H12S12. The van der Waals surface area contributed by atoms with E-state index in [1.165, 1.54) is 0 Å². The molecule has 0 amide bonds. The van der Waals surface area contributed by atoms with E-state index in [1.54, 1.807) is 0 Å². The fourth-order valence-corrected chi connectivity index (χ4v) is 0. The highest BCUT2D eigenvalue weighted by Crippen LogP contribution is 2.28. The number of rotatable bonds is 0. The molecule has 0 rings (SSSR count). The van der Waals surface area contributed by atoms with Crippen molar-refractivity contribution >= 4 is 152 Å². The first kappa shape index (κ1) is 24.2. The highest BCUT2D eigenvalue weighted by molar-refractivity contribution is 8.32. The van der Waals surface area contributed by atoms with Crippen LogP contribution in [0, 0.1) is 0 Å². The lowest BCUT2D eigenvalue weighted by Gasteiger charge is -2.00. The molecule has 0 aliphatic heterocycles. The molecule has 0 aromatic heterocycles. The zero-order valence-corrected chi connectivity index (χ0v) is 17.6. The summed E-state index contributed by atoms with van der Waals surface area (Å²) in [6.45, 7) is 0. The molecule has 0 aromatic carbocycles. The molecule has 0 aliphatic carbocycles. The number of hydrogen-bond donors (Lipinski definition) is 12. The SMILES string of the molecule is SC(S)(S)S.SC(S)(S)S.SC(S)(S)S. The highest BCUT2D eigenvalue weighted by atomic mass is 32.3. The fourth-order valence-electron chi connectivity index (χ4n) is 0. The second kappa shape index (κ2) is 10.9. The van der Waals surface area contributed by atoms with E-state index in [1.807, 2.05) is 0 Å². The summed E-state index contributed by atoms with van der Waals surface area (Å²) in [6.07, 6.45) is 0. The zero-order chi connectivity index (χ0) is 13.5. The summed E-state index contributed by atoms with van der Waals surface area (Å²) in [5, 5.41) is 0. The van der Waals surface area contributed by atoms with Gasteiger partial charge in [-0.25, -0.2) is 0 Å². The van der Waals surface area contributed by atoms with Gasteiger partial charge >= 0.3 is 0 Å². The summed E-state index contributed by atoms with van der Waals surface area (Å²) >= 11 is 44.6. The molecule has 0 atom stereocenters. The minimum absolute atomic E-state index is 0.722. The molecule has 0 unspecified atom stereocenters. The molecule has 0 aromatic rings. The van der Waals surface area contributed by atoms with Crippen LogP contribution in [0.5, 0.6) is 0 Å². The summed E-state index contributed by atoms with van der Waals surface area (Å²) < 4.78 is -2.17. The Morgan fingerprint density at radius 3 is 0.267 bits per heavy atom. The van der Waals surface area contributed by atoms with E-state index >= 15 is 0 Å². The largest absolute Gasteiger partial charge is 0.142 e. The molecule has 0 aliphatic rings. The lowest BCUT2D eigenvalue weighted by atomic mass is 11.8. The average molecular weight is 433 g/mol. The summed E-state index contributed by atoms with van der Waals surface area (Å²) in [5.41, 5.74) is 0. The van der Waals surface area contributed by atoms with Gasteiger partial charge in [0.15, 0.2) is 0 Å². The van der Waals surface area contributed by atoms with Crippen LogP contribution in [0.4, 0.5) is 0 Å². The Kier molecular flexibility index (Phi) is 17.7. The van der Waals surface area contributed by atoms with Crippen molar-refractivity contribution in [1.82, 2.24) is 0 Å². The summed E-state index contributed by atoms with van der Waals surface area (Å²) in [7, 11) is 0. The van der Waals surface area contributed by atoms with Crippen molar-refractivity contribution in [3.8, 4) is 0 Å². The minimum Gasteiger partial charge on any atom is -0.141 e. The van der Waals surface area contributed by atoms with Crippen LogP contribution in [0.1, 0.15) is 0 Å². The molecule has 0 radical (unpaired) electrons. The van der Waals surface area contributed by atoms with Gasteiger partial charge in [-0.3, -0.25) is 0 Å². The van der Waals surface area contributed by atoms with Crippen molar-refractivity contribution in [2.24, 2.45) is 0 Å². The van der Waals surface area contributed by atoms with Gasteiger partial charge in [0, 0.05) is 0 Å². The van der Waals surface area contributed by atoms with Crippen LogP contribution >= 0.6 is 152 Å². The van der Waals surface area contributed by atoms with Gasteiger partial charge in [-0.05, 0) is 0 Å². The van der Waals surface area contributed by atoms with Crippen LogP contribution in [0.2, 0.25) is 0 Å². The Morgan fingerprint density at radius 1 is 0.267 bits per heavy atom. The van der Waals surface area contributed by atoms with Crippen LogP contribution in [0.15, 0.2) is 0 Å². The normalized spacial score (nSPS) is 12.0. The Morgan fingerprint density at radius 2 is 0.267 bits per heavy atom. The predicted octanol–water partition coefficient (Wildman–Crippen LogP) is 3.95. The first-order valence-corrected chi connectivity index (χ1v) is 8.05. The minimum atomic E-state index is -0.722. The van der Waals surface area contributed by atoms with Crippen molar-refractivity contribution in [3.05, 3.63) is 0 Å². The van der Waals surface area contributed by atoms with Crippen molar-refractivity contribution in [2.75, 3.05) is 0 Å². The van der Waals surface area contributed by atoms with Crippen LogP contribution in [-0.4, -0.2) is 8.23 Å². The highest BCUT2D eigenvalue weighted by Gasteiger charge is 2.02. The lowest BCUT2D eigenvalue weighted by Crippen LogP contribution is -1.82. The summed E-state index contributed by atoms with van der Waals surface area (Å²) in [6, 6.07) is 0. The molecule has 0 spiro atoms. The maximum absolute atomic E-state index is 3.72. The van der Waals surface area contributed by atoms with Gasteiger partial charge in [0.05, 0.1) is 0 Å². The summed E-state index contributed by atoms with van der Waals surface area (Å²) in [4.78, 5) is 0. The quantitative estimate of drug-likeness (QED) is 0.198. The van der Waals surface area contributed by atoms with Gasteiger partial charge in [0.1, 0.15) is 8.23 Å². The van der Waals surface area contributed by atoms with Crippen molar-refractivity contribution in [1.29, 1.82) is 0 Å². The first-order chi connectivity index (χ1) is 6.00. The van der Waals surface area contributed by atoms with Gasteiger partial charge in [-0.2, -0.15) is 0 Å². The predicted molar refractivity (Wildman–Crippen MR) is 116 cm³/mol. The standard InChI is InChI=1S/3CH4S4/c3*2-1(3,4)5/h3*2-5H.